The maximum atomic E-state index is 11.7. The van der Waals surface area contributed by atoms with Crippen LogP contribution in [0.25, 0.3) is 0 Å². The highest BCUT2D eigenvalue weighted by Crippen LogP contribution is 2.23. The first-order valence-corrected chi connectivity index (χ1v) is 6.57. The number of hydrogen-bond donors (Lipinski definition) is 3. The van der Waals surface area contributed by atoms with Gasteiger partial charge in [0, 0.05) is 17.7 Å². The van der Waals surface area contributed by atoms with Crippen LogP contribution in [0, 0.1) is 0 Å². The van der Waals surface area contributed by atoms with Gasteiger partial charge in [0.15, 0.2) is 0 Å². The van der Waals surface area contributed by atoms with Crippen molar-refractivity contribution in [2.24, 2.45) is 5.73 Å². The van der Waals surface area contributed by atoms with Gasteiger partial charge in [-0.25, -0.2) is 0 Å². The number of nitrogens with one attached hydrogen (secondary N) is 1. The Bertz CT molecular complexity index is 408. The minimum absolute atomic E-state index is 0.0403. The van der Waals surface area contributed by atoms with Crippen LogP contribution in [0.5, 0.6) is 5.75 Å². The number of nitrogens with two attached hydrogens (primary N) is 1. The van der Waals surface area contributed by atoms with E-state index in [1.165, 1.54) is 0 Å². The molecule has 1 rings (SSSR count). The van der Waals surface area contributed by atoms with Gasteiger partial charge in [-0.15, -0.1) is 0 Å². The fourth-order valence-electron chi connectivity index (χ4n) is 1.73. The molecule has 1 aromatic rings. The lowest BCUT2D eigenvalue weighted by atomic mass is 10.1. The highest BCUT2D eigenvalue weighted by Gasteiger charge is 2.06. The van der Waals surface area contributed by atoms with E-state index < -0.39 is 0 Å². The molecule has 0 aliphatic heterocycles. The predicted octanol–water partition coefficient (Wildman–Crippen LogP) is 1.65. The molecule has 0 bridgehead atoms. The van der Waals surface area contributed by atoms with Crippen molar-refractivity contribution in [3.8, 4) is 5.75 Å². The number of unbranched alkanes of at least 4 members (excludes halogenated alkanes) is 1. The van der Waals surface area contributed by atoms with Gasteiger partial charge >= 0.3 is 0 Å². The average molecular weight is 266 g/mol. The molecule has 0 unspecified atom stereocenters. The number of aliphatic hydroxyl groups excluding tert-OH is 1. The van der Waals surface area contributed by atoms with Crippen molar-refractivity contribution in [1.29, 1.82) is 0 Å². The molecule has 5 heteroatoms. The largest absolute Gasteiger partial charge is 0.494 e. The SMILES string of the molecule is CCOc1ccc(NC(=O)CCCCN)cc1CO. The van der Waals surface area contributed by atoms with Crippen LogP contribution in [0.15, 0.2) is 18.2 Å². The minimum Gasteiger partial charge on any atom is -0.494 e. The Morgan fingerprint density at radius 2 is 2.21 bits per heavy atom. The summed E-state index contributed by atoms with van der Waals surface area (Å²) in [4.78, 5) is 11.7. The molecule has 5 nitrogen and oxygen atoms in total. The van der Waals surface area contributed by atoms with Gasteiger partial charge in [0.05, 0.1) is 13.2 Å². The first-order valence-electron chi connectivity index (χ1n) is 6.57. The van der Waals surface area contributed by atoms with E-state index in [-0.39, 0.29) is 12.5 Å². The zero-order valence-corrected chi connectivity index (χ0v) is 11.3. The van der Waals surface area contributed by atoms with E-state index in [2.05, 4.69) is 5.32 Å². The molecule has 1 aromatic carbocycles. The predicted molar refractivity (Wildman–Crippen MR) is 75.1 cm³/mol. The molecule has 0 atom stereocenters. The van der Waals surface area contributed by atoms with Crippen molar-refractivity contribution in [1.82, 2.24) is 0 Å². The van der Waals surface area contributed by atoms with Crippen molar-refractivity contribution in [3.05, 3.63) is 23.8 Å². The molecule has 106 valence electrons. The number of carbonyl (C=O) groups excluding carboxylic acids is 1. The third-order valence-corrected chi connectivity index (χ3v) is 2.67. The lowest BCUT2D eigenvalue weighted by Crippen LogP contribution is -2.12. The zero-order valence-electron chi connectivity index (χ0n) is 11.3. The highest BCUT2D eigenvalue weighted by molar-refractivity contribution is 5.90. The van der Waals surface area contributed by atoms with Gasteiger partial charge in [-0.2, -0.15) is 0 Å². The van der Waals surface area contributed by atoms with Crippen molar-refractivity contribution in [2.75, 3.05) is 18.5 Å². The summed E-state index contributed by atoms with van der Waals surface area (Å²) in [7, 11) is 0. The molecule has 19 heavy (non-hydrogen) atoms. The fraction of sp³-hybridized carbons (Fsp3) is 0.500. The number of hydrogen-bond acceptors (Lipinski definition) is 4. The molecule has 0 spiro atoms. The van der Waals surface area contributed by atoms with Gasteiger partial charge < -0.3 is 20.9 Å². The lowest BCUT2D eigenvalue weighted by molar-refractivity contribution is -0.116. The third kappa shape index (κ3) is 5.28. The van der Waals surface area contributed by atoms with Gasteiger partial charge in [-0.1, -0.05) is 0 Å². The van der Waals surface area contributed by atoms with Crippen molar-refractivity contribution in [3.63, 3.8) is 0 Å². The van der Waals surface area contributed by atoms with Gasteiger partial charge in [0.2, 0.25) is 5.91 Å². The van der Waals surface area contributed by atoms with Crippen LogP contribution in [-0.2, 0) is 11.4 Å². The van der Waals surface area contributed by atoms with E-state index in [0.717, 1.165) is 12.8 Å². The van der Waals surface area contributed by atoms with Gasteiger partial charge in [0.1, 0.15) is 5.75 Å². The standard InChI is InChI=1S/C14H22N2O3/c1-2-19-13-7-6-12(9-11(13)10-17)16-14(18)5-3-4-8-15/h6-7,9,17H,2-5,8,10,15H2,1H3,(H,16,18). The minimum atomic E-state index is -0.119. The Morgan fingerprint density at radius 1 is 1.42 bits per heavy atom. The second-order valence-electron chi connectivity index (χ2n) is 4.21. The van der Waals surface area contributed by atoms with Crippen molar-refractivity contribution < 1.29 is 14.6 Å². The van der Waals surface area contributed by atoms with Gasteiger partial charge in [0.25, 0.3) is 0 Å². The number of ether oxygens (including phenoxy) is 1. The molecule has 0 aliphatic rings. The molecular weight excluding hydrogens is 244 g/mol. The van der Waals surface area contributed by atoms with Crippen molar-refractivity contribution >= 4 is 11.6 Å². The summed E-state index contributed by atoms with van der Waals surface area (Å²) >= 11 is 0. The number of benzene rings is 1. The van der Waals surface area contributed by atoms with Crippen LogP contribution in [-0.4, -0.2) is 24.2 Å². The molecule has 0 fully saturated rings. The summed E-state index contributed by atoms with van der Waals surface area (Å²) in [5.41, 5.74) is 6.72. The van der Waals surface area contributed by atoms with E-state index >= 15 is 0 Å². The third-order valence-electron chi connectivity index (χ3n) is 2.67. The van der Waals surface area contributed by atoms with E-state index in [1.807, 2.05) is 6.92 Å². The molecule has 1 amide bonds. The van der Waals surface area contributed by atoms with Crippen LogP contribution in [0.1, 0.15) is 31.7 Å². The van der Waals surface area contributed by atoms with E-state index in [4.69, 9.17) is 10.5 Å². The molecule has 0 aromatic heterocycles. The molecule has 0 radical (unpaired) electrons. The number of anilines is 1. The Balaban J connectivity index is 2.61. The monoisotopic (exact) mass is 266 g/mol. The van der Waals surface area contributed by atoms with Crippen LogP contribution in [0.2, 0.25) is 0 Å². The van der Waals surface area contributed by atoms with Gasteiger partial charge in [-0.05, 0) is 44.5 Å². The first kappa shape index (κ1) is 15.5. The number of aliphatic hydroxyl groups is 1. The number of carbonyl (C=O) groups is 1. The van der Waals surface area contributed by atoms with Crippen LogP contribution < -0.4 is 15.8 Å². The Labute approximate surface area is 113 Å². The maximum Gasteiger partial charge on any atom is 0.224 e. The smallest absolute Gasteiger partial charge is 0.224 e. The van der Waals surface area contributed by atoms with Crippen LogP contribution in [0.3, 0.4) is 0 Å². The molecule has 0 saturated heterocycles. The maximum absolute atomic E-state index is 11.7. The molecule has 0 aliphatic carbocycles. The Hall–Kier alpha value is -1.59. The molecular formula is C14H22N2O3. The second kappa shape index (κ2) is 8.50. The summed E-state index contributed by atoms with van der Waals surface area (Å²) in [6.45, 7) is 2.91. The summed E-state index contributed by atoms with van der Waals surface area (Å²) in [5, 5.41) is 12.1. The normalized spacial score (nSPS) is 10.3. The van der Waals surface area contributed by atoms with E-state index in [9.17, 15) is 9.90 Å². The molecule has 0 saturated carbocycles. The van der Waals surface area contributed by atoms with E-state index in [1.54, 1.807) is 18.2 Å². The number of rotatable bonds is 8. The summed E-state index contributed by atoms with van der Waals surface area (Å²) in [6.07, 6.45) is 2.09. The Morgan fingerprint density at radius 3 is 2.84 bits per heavy atom. The summed E-state index contributed by atoms with van der Waals surface area (Å²) in [5.74, 6) is 0.604. The van der Waals surface area contributed by atoms with Gasteiger partial charge in [-0.3, -0.25) is 4.79 Å². The summed E-state index contributed by atoms with van der Waals surface area (Å²) < 4.78 is 5.38. The fourth-order valence-corrected chi connectivity index (χ4v) is 1.73. The van der Waals surface area contributed by atoms with Crippen molar-refractivity contribution in [2.45, 2.75) is 32.8 Å². The zero-order chi connectivity index (χ0) is 14.1. The second-order valence-corrected chi connectivity index (χ2v) is 4.21. The Kier molecular flexibility index (Phi) is 6.92. The average Bonchev–Trinajstić information content (AvgIpc) is 2.41. The van der Waals surface area contributed by atoms with Crippen LogP contribution in [0.4, 0.5) is 5.69 Å². The quantitative estimate of drug-likeness (QED) is 0.625. The first-order chi connectivity index (χ1) is 9.21. The molecule has 4 N–H and O–H groups in total. The summed E-state index contributed by atoms with van der Waals surface area (Å²) in [6, 6.07) is 5.25. The van der Waals surface area contributed by atoms with E-state index in [0.29, 0.717) is 36.6 Å². The lowest BCUT2D eigenvalue weighted by Gasteiger charge is -2.11. The number of amides is 1. The topological polar surface area (TPSA) is 84.6 Å². The highest BCUT2D eigenvalue weighted by atomic mass is 16.5. The van der Waals surface area contributed by atoms with Crippen LogP contribution >= 0.6 is 0 Å². The molecule has 0 heterocycles.